The summed E-state index contributed by atoms with van der Waals surface area (Å²) in [5, 5.41) is 6.63. The molecule has 0 radical (unpaired) electrons. The van der Waals surface area contributed by atoms with Gasteiger partial charge in [0, 0.05) is 26.6 Å². The fraction of sp³-hybridized carbons (Fsp3) is 0.500. The van der Waals surface area contributed by atoms with Crippen LogP contribution in [0.25, 0.3) is 11.0 Å². The van der Waals surface area contributed by atoms with Crippen molar-refractivity contribution in [3.8, 4) is 0 Å². The molecule has 0 aliphatic carbocycles. The first-order valence-corrected chi connectivity index (χ1v) is 7.57. The molecule has 1 aromatic heterocycles. The number of imidazole rings is 1. The molecule has 6 heteroatoms. The highest BCUT2D eigenvalue weighted by molar-refractivity contribution is 14.0. The molecule has 22 heavy (non-hydrogen) atoms. The minimum absolute atomic E-state index is 0. The lowest BCUT2D eigenvalue weighted by Crippen LogP contribution is -2.39. The number of nitrogens with zero attached hydrogens (tertiary/aromatic N) is 2. The van der Waals surface area contributed by atoms with E-state index in [2.05, 4.69) is 45.5 Å². The zero-order chi connectivity index (χ0) is 15.1. The number of aryl methyl sites for hydroxylation is 1. The van der Waals surface area contributed by atoms with E-state index in [4.69, 9.17) is 0 Å². The average molecular weight is 415 g/mol. The Hall–Kier alpha value is -1.31. The van der Waals surface area contributed by atoms with Gasteiger partial charge >= 0.3 is 0 Å². The summed E-state index contributed by atoms with van der Waals surface area (Å²) in [6.07, 6.45) is 1.95. The van der Waals surface area contributed by atoms with Gasteiger partial charge in [0.1, 0.15) is 5.82 Å². The lowest BCUT2D eigenvalue weighted by Gasteiger charge is -2.13. The maximum Gasteiger partial charge on any atom is 0.190 e. The molecule has 2 rings (SSSR count). The maximum absolute atomic E-state index is 4.58. The largest absolute Gasteiger partial charge is 0.356 e. The molecule has 0 bridgehead atoms. The first kappa shape index (κ1) is 18.7. The van der Waals surface area contributed by atoms with Crippen LogP contribution in [0.15, 0.2) is 29.3 Å². The Morgan fingerprint density at radius 1 is 1.27 bits per heavy atom. The van der Waals surface area contributed by atoms with Gasteiger partial charge in [0.2, 0.25) is 0 Å². The van der Waals surface area contributed by atoms with E-state index in [1.54, 1.807) is 7.05 Å². The van der Waals surface area contributed by atoms with E-state index in [9.17, 15) is 0 Å². The molecule has 122 valence electrons. The highest BCUT2D eigenvalue weighted by Gasteiger charge is 2.02. The number of benzene rings is 1. The number of nitrogens with one attached hydrogen (secondary N) is 3. The Bertz CT molecular complexity index is 558. The molecule has 3 N–H and O–H groups in total. The molecule has 0 aliphatic heterocycles. The van der Waals surface area contributed by atoms with E-state index in [1.807, 2.05) is 18.2 Å². The van der Waals surface area contributed by atoms with Crippen molar-refractivity contribution >= 4 is 41.0 Å². The first-order valence-electron chi connectivity index (χ1n) is 7.57. The van der Waals surface area contributed by atoms with Crippen molar-refractivity contribution in [2.75, 3.05) is 20.1 Å². The topological polar surface area (TPSA) is 65.1 Å². The van der Waals surface area contributed by atoms with Crippen LogP contribution in [0.5, 0.6) is 0 Å². The number of guanidine groups is 1. The van der Waals surface area contributed by atoms with Crippen molar-refractivity contribution in [2.24, 2.45) is 10.9 Å². The van der Waals surface area contributed by atoms with Crippen molar-refractivity contribution < 1.29 is 0 Å². The Balaban J connectivity index is 0.00000242. The quantitative estimate of drug-likeness (QED) is 0.294. The Labute approximate surface area is 149 Å². The minimum Gasteiger partial charge on any atom is -0.356 e. The van der Waals surface area contributed by atoms with E-state index in [-0.39, 0.29) is 24.0 Å². The molecule has 0 aliphatic rings. The molecule has 2 aromatic rings. The zero-order valence-corrected chi connectivity index (χ0v) is 15.8. The van der Waals surface area contributed by atoms with Crippen molar-refractivity contribution in [2.45, 2.75) is 26.7 Å². The third kappa shape index (κ3) is 5.82. The summed E-state index contributed by atoms with van der Waals surface area (Å²) >= 11 is 0. The number of aromatic nitrogens is 2. The molecule has 0 saturated heterocycles. The van der Waals surface area contributed by atoms with Crippen molar-refractivity contribution in [1.29, 1.82) is 0 Å². The van der Waals surface area contributed by atoms with Gasteiger partial charge in [0.05, 0.1) is 11.0 Å². The zero-order valence-electron chi connectivity index (χ0n) is 13.5. The second-order valence-corrected chi connectivity index (χ2v) is 5.58. The van der Waals surface area contributed by atoms with Gasteiger partial charge in [0.15, 0.2) is 5.96 Å². The Morgan fingerprint density at radius 3 is 2.73 bits per heavy atom. The predicted molar refractivity (Wildman–Crippen MR) is 104 cm³/mol. The Kier molecular flexibility index (Phi) is 8.22. The Morgan fingerprint density at radius 2 is 2.05 bits per heavy atom. The summed E-state index contributed by atoms with van der Waals surface area (Å²) < 4.78 is 0. The summed E-state index contributed by atoms with van der Waals surface area (Å²) in [6, 6.07) is 8.13. The lowest BCUT2D eigenvalue weighted by molar-refractivity contribution is 0.612. The SMILES string of the molecule is CN=C(NCCCc1nc2ccccc2[nH]1)NCC(C)C.I. The summed E-state index contributed by atoms with van der Waals surface area (Å²) in [4.78, 5) is 12.1. The van der Waals surface area contributed by atoms with Gasteiger partial charge in [-0.1, -0.05) is 26.0 Å². The van der Waals surface area contributed by atoms with Gasteiger partial charge in [-0.05, 0) is 24.5 Å². The summed E-state index contributed by atoms with van der Waals surface area (Å²) in [7, 11) is 1.80. The molecular formula is C16H26IN5. The lowest BCUT2D eigenvalue weighted by atomic mass is 10.2. The second-order valence-electron chi connectivity index (χ2n) is 5.58. The van der Waals surface area contributed by atoms with E-state index in [0.29, 0.717) is 5.92 Å². The number of para-hydroxylation sites is 2. The third-order valence-electron chi connectivity index (χ3n) is 3.22. The van der Waals surface area contributed by atoms with Crippen LogP contribution in [0.1, 0.15) is 26.1 Å². The van der Waals surface area contributed by atoms with E-state index in [0.717, 1.165) is 48.7 Å². The second kappa shape index (κ2) is 9.66. The number of hydrogen-bond acceptors (Lipinski definition) is 2. The minimum atomic E-state index is 0. The molecule has 0 fully saturated rings. The summed E-state index contributed by atoms with van der Waals surface area (Å²) in [5.41, 5.74) is 2.14. The molecule has 0 saturated carbocycles. The van der Waals surface area contributed by atoms with Crippen molar-refractivity contribution in [3.63, 3.8) is 0 Å². The van der Waals surface area contributed by atoms with Crippen molar-refractivity contribution in [3.05, 3.63) is 30.1 Å². The van der Waals surface area contributed by atoms with Crippen LogP contribution in [-0.2, 0) is 6.42 Å². The molecule has 1 aromatic carbocycles. The third-order valence-corrected chi connectivity index (χ3v) is 3.22. The van der Waals surface area contributed by atoms with Gasteiger partial charge in [-0.25, -0.2) is 4.98 Å². The maximum atomic E-state index is 4.58. The van der Waals surface area contributed by atoms with Crippen LogP contribution >= 0.6 is 24.0 Å². The van der Waals surface area contributed by atoms with Crippen LogP contribution in [0, 0.1) is 5.92 Å². The van der Waals surface area contributed by atoms with Crippen LogP contribution < -0.4 is 10.6 Å². The van der Waals surface area contributed by atoms with Crippen LogP contribution in [-0.4, -0.2) is 36.1 Å². The van der Waals surface area contributed by atoms with Gasteiger partial charge in [-0.15, -0.1) is 24.0 Å². The van der Waals surface area contributed by atoms with Crippen LogP contribution in [0.2, 0.25) is 0 Å². The number of H-pyrrole nitrogens is 1. The monoisotopic (exact) mass is 415 g/mol. The number of fused-ring (bicyclic) bond motifs is 1. The van der Waals surface area contributed by atoms with Crippen LogP contribution in [0.3, 0.4) is 0 Å². The first-order chi connectivity index (χ1) is 10.2. The number of aliphatic imine (C=N–C) groups is 1. The molecule has 0 unspecified atom stereocenters. The molecule has 0 atom stereocenters. The van der Waals surface area contributed by atoms with Gasteiger partial charge < -0.3 is 15.6 Å². The number of halogens is 1. The molecule has 1 heterocycles. The average Bonchev–Trinajstić information content (AvgIpc) is 2.89. The number of aromatic amines is 1. The van der Waals surface area contributed by atoms with E-state index < -0.39 is 0 Å². The van der Waals surface area contributed by atoms with Crippen molar-refractivity contribution in [1.82, 2.24) is 20.6 Å². The summed E-state index contributed by atoms with van der Waals surface area (Å²) in [5.74, 6) is 2.52. The highest BCUT2D eigenvalue weighted by Crippen LogP contribution is 2.10. The fourth-order valence-electron chi connectivity index (χ4n) is 2.11. The van der Waals surface area contributed by atoms with Gasteiger partial charge in [-0.2, -0.15) is 0 Å². The van der Waals surface area contributed by atoms with Gasteiger partial charge in [-0.3, -0.25) is 4.99 Å². The molecule has 0 amide bonds. The molecular weight excluding hydrogens is 389 g/mol. The van der Waals surface area contributed by atoms with Crippen LogP contribution in [0.4, 0.5) is 0 Å². The van der Waals surface area contributed by atoms with Gasteiger partial charge in [0.25, 0.3) is 0 Å². The molecule has 0 spiro atoms. The highest BCUT2D eigenvalue weighted by atomic mass is 127. The number of hydrogen-bond donors (Lipinski definition) is 3. The van der Waals surface area contributed by atoms with E-state index in [1.165, 1.54) is 0 Å². The summed E-state index contributed by atoms with van der Waals surface area (Å²) in [6.45, 7) is 6.18. The molecule has 5 nitrogen and oxygen atoms in total. The fourth-order valence-corrected chi connectivity index (χ4v) is 2.11. The van der Waals surface area contributed by atoms with E-state index >= 15 is 0 Å². The predicted octanol–water partition coefficient (Wildman–Crippen LogP) is 2.93. The standard InChI is InChI=1S/C16H25N5.HI/c1-12(2)11-19-16(17-3)18-10-6-9-15-20-13-7-4-5-8-14(13)21-15;/h4-5,7-8,12H,6,9-11H2,1-3H3,(H,20,21)(H2,17,18,19);1H. The normalized spacial score (nSPS) is 11.5. The smallest absolute Gasteiger partial charge is 0.190 e. The number of rotatable bonds is 6.